The van der Waals surface area contributed by atoms with E-state index in [1.807, 2.05) is 21.1 Å². The van der Waals surface area contributed by atoms with Gasteiger partial charge in [0.1, 0.15) is 13.2 Å². The minimum absolute atomic E-state index is 0.0697. The molecule has 1 amide bonds. The third-order valence-corrected chi connectivity index (χ3v) is 7.94. The second kappa shape index (κ2) is 25.5. The Morgan fingerprint density at radius 1 is 0.829 bits per heavy atom. The van der Waals surface area contributed by atoms with Crippen LogP contribution in [0.4, 0.5) is 0 Å². The van der Waals surface area contributed by atoms with Crippen LogP contribution >= 0.6 is 7.82 Å². The van der Waals surface area contributed by atoms with Crippen LogP contribution in [-0.4, -0.2) is 73.4 Å². The summed E-state index contributed by atoms with van der Waals surface area (Å²) >= 11 is 0. The van der Waals surface area contributed by atoms with Gasteiger partial charge in [0, 0.05) is 6.42 Å². The van der Waals surface area contributed by atoms with E-state index in [1.54, 1.807) is 0 Å². The van der Waals surface area contributed by atoms with Crippen LogP contribution in [-0.2, 0) is 18.4 Å². The van der Waals surface area contributed by atoms with Gasteiger partial charge in [0.25, 0.3) is 0 Å². The molecule has 0 spiro atoms. The number of aliphatic hydroxyl groups is 1. The van der Waals surface area contributed by atoms with Crippen molar-refractivity contribution >= 4 is 13.7 Å². The molecule has 0 aliphatic carbocycles. The van der Waals surface area contributed by atoms with Gasteiger partial charge in [0.2, 0.25) is 5.91 Å². The molecule has 3 atom stereocenters. The van der Waals surface area contributed by atoms with Crippen molar-refractivity contribution in [3.05, 3.63) is 24.3 Å². The number of amides is 1. The van der Waals surface area contributed by atoms with Gasteiger partial charge in [-0.2, -0.15) is 0 Å². The van der Waals surface area contributed by atoms with Crippen molar-refractivity contribution in [3.63, 3.8) is 0 Å². The highest BCUT2D eigenvalue weighted by Gasteiger charge is 2.28. The quantitative estimate of drug-likeness (QED) is 0.0371. The number of nitrogens with one attached hydrogen (secondary N) is 1. The molecule has 8 nitrogen and oxygen atoms in total. The van der Waals surface area contributed by atoms with Crippen LogP contribution in [0.5, 0.6) is 0 Å². The number of carbonyl (C=O) groups is 1. The maximum Gasteiger partial charge on any atom is 0.472 e. The Balaban J connectivity index is 4.26. The molecule has 242 valence electrons. The Bertz CT molecular complexity index is 738. The summed E-state index contributed by atoms with van der Waals surface area (Å²) in [6.07, 6.45) is 25.6. The molecule has 3 N–H and O–H groups in total. The van der Waals surface area contributed by atoms with Crippen LogP contribution in [0, 0.1) is 0 Å². The van der Waals surface area contributed by atoms with Crippen molar-refractivity contribution in [2.75, 3.05) is 40.9 Å². The zero-order valence-corrected chi connectivity index (χ0v) is 27.9. The van der Waals surface area contributed by atoms with E-state index >= 15 is 0 Å². The summed E-state index contributed by atoms with van der Waals surface area (Å²) in [6.45, 7) is 4.65. The van der Waals surface area contributed by atoms with Crippen LogP contribution in [0.3, 0.4) is 0 Å². The second-order valence-corrected chi connectivity index (χ2v) is 13.6. The molecule has 0 heterocycles. The van der Waals surface area contributed by atoms with E-state index in [0.717, 1.165) is 64.2 Å². The predicted molar refractivity (Wildman–Crippen MR) is 171 cm³/mol. The molecule has 0 radical (unpaired) electrons. The van der Waals surface area contributed by atoms with Crippen LogP contribution in [0.2, 0.25) is 0 Å². The summed E-state index contributed by atoms with van der Waals surface area (Å²) in [5.74, 6) is -0.173. The number of rotatable bonds is 28. The first kappa shape index (κ1) is 40.0. The van der Waals surface area contributed by atoms with Gasteiger partial charge in [-0.15, -0.1) is 0 Å². The minimum Gasteiger partial charge on any atom is -0.391 e. The van der Waals surface area contributed by atoms with Gasteiger partial charge in [0.05, 0.1) is 39.9 Å². The smallest absolute Gasteiger partial charge is 0.391 e. The average molecular weight is 604 g/mol. The van der Waals surface area contributed by atoms with Gasteiger partial charge in [-0.05, 0) is 44.9 Å². The van der Waals surface area contributed by atoms with Crippen molar-refractivity contribution in [1.29, 1.82) is 0 Å². The number of phosphoric ester groups is 1. The van der Waals surface area contributed by atoms with Gasteiger partial charge >= 0.3 is 7.82 Å². The standard InChI is InChI=1S/C32H63N2O6P/c1-6-8-10-11-12-13-14-15-16-17-18-19-20-21-22-24-26-32(36)33-30(31(35)25-23-9-7-2)29-40-41(37,38)39-28-27-34(3,4)5/h13-14,16-17,30-31,35H,6-12,15,18-29H2,1-5H3,(H-,33,36,37,38)/p+1/b14-13-,17-16-. The first-order valence-electron chi connectivity index (χ1n) is 16.2. The number of quaternary nitrogens is 1. The van der Waals surface area contributed by atoms with Gasteiger partial charge in [-0.25, -0.2) is 4.57 Å². The summed E-state index contributed by atoms with van der Waals surface area (Å²) in [4.78, 5) is 22.6. The van der Waals surface area contributed by atoms with Crippen LogP contribution in [0.15, 0.2) is 24.3 Å². The van der Waals surface area contributed by atoms with Crippen LogP contribution in [0.1, 0.15) is 123 Å². The maximum atomic E-state index is 12.6. The zero-order valence-electron chi connectivity index (χ0n) is 27.0. The monoisotopic (exact) mass is 603 g/mol. The number of carbonyl (C=O) groups excluding carboxylic acids is 1. The molecule has 0 aliphatic heterocycles. The van der Waals surface area contributed by atoms with Crippen molar-refractivity contribution in [1.82, 2.24) is 5.32 Å². The molecular formula is C32H64N2O6P+. The molecule has 0 aromatic carbocycles. The number of unbranched alkanes of at least 4 members (excludes halogenated alkanes) is 11. The fourth-order valence-electron chi connectivity index (χ4n) is 4.25. The minimum atomic E-state index is -4.28. The first-order chi connectivity index (χ1) is 19.5. The number of allylic oxidation sites excluding steroid dienone is 4. The molecule has 41 heavy (non-hydrogen) atoms. The van der Waals surface area contributed by atoms with Crippen molar-refractivity contribution in [2.24, 2.45) is 0 Å². The SMILES string of the molecule is CCCCCC/C=C\C/C=C\CCCCCCCC(=O)NC(COP(=O)(O)OCC[N+](C)(C)C)C(O)CCCCC. The molecule has 0 saturated heterocycles. The Morgan fingerprint density at radius 3 is 2.00 bits per heavy atom. The lowest BCUT2D eigenvalue weighted by Crippen LogP contribution is -2.46. The van der Waals surface area contributed by atoms with E-state index in [-0.39, 0.29) is 19.1 Å². The Labute approximate surface area is 252 Å². The van der Waals surface area contributed by atoms with Gasteiger partial charge in [-0.3, -0.25) is 13.8 Å². The van der Waals surface area contributed by atoms with Gasteiger partial charge in [-0.1, -0.05) is 95.9 Å². The van der Waals surface area contributed by atoms with Crippen molar-refractivity contribution < 1.29 is 32.9 Å². The van der Waals surface area contributed by atoms with E-state index in [2.05, 4.69) is 43.5 Å². The van der Waals surface area contributed by atoms with Crippen molar-refractivity contribution in [3.8, 4) is 0 Å². The largest absolute Gasteiger partial charge is 0.472 e. The molecule has 0 aromatic heterocycles. The normalized spacial score (nSPS) is 15.4. The lowest BCUT2D eigenvalue weighted by Gasteiger charge is -2.26. The Kier molecular flexibility index (Phi) is 24.8. The number of phosphoric acid groups is 1. The average Bonchev–Trinajstić information content (AvgIpc) is 2.90. The fraction of sp³-hybridized carbons (Fsp3) is 0.844. The number of likely N-dealkylation sites (N-methyl/N-ethyl adjacent to an activating group) is 1. The number of nitrogens with zero attached hydrogens (tertiary/aromatic N) is 1. The molecule has 9 heteroatoms. The topological polar surface area (TPSA) is 105 Å². The number of aliphatic hydroxyl groups excluding tert-OH is 1. The lowest BCUT2D eigenvalue weighted by atomic mass is 10.0. The molecule has 0 saturated carbocycles. The highest BCUT2D eigenvalue weighted by molar-refractivity contribution is 7.47. The van der Waals surface area contributed by atoms with E-state index in [4.69, 9.17) is 9.05 Å². The highest BCUT2D eigenvalue weighted by Crippen LogP contribution is 2.43. The first-order valence-corrected chi connectivity index (χ1v) is 17.7. The second-order valence-electron chi connectivity index (χ2n) is 12.2. The lowest BCUT2D eigenvalue weighted by molar-refractivity contribution is -0.870. The maximum absolute atomic E-state index is 12.6. The summed E-state index contributed by atoms with van der Waals surface area (Å²) in [6, 6.07) is -0.760. The van der Waals surface area contributed by atoms with E-state index in [1.165, 1.54) is 32.1 Å². The van der Waals surface area contributed by atoms with Crippen LogP contribution in [0.25, 0.3) is 0 Å². The third kappa shape index (κ3) is 27.6. The summed E-state index contributed by atoms with van der Waals surface area (Å²) in [5, 5.41) is 13.5. The van der Waals surface area contributed by atoms with Crippen LogP contribution < -0.4 is 5.32 Å². The summed E-state index contributed by atoms with van der Waals surface area (Å²) < 4.78 is 23.1. The number of hydrogen-bond donors (Lipinski definition) is 3. The molecule has 0 fully saturated rings. The molecular weight excluding hydrogens is 539 g/mol. The van der Waals surface area contributed by atoms with E-state index in [9.17, 15) is 19.4 Å². The Morgan fingerprint density at radius 2 is 1.39 bits per heavy atom. The molecule has 3 unspecified atom stereocenters. The van der Waals surface area contributed by atoms with Crippen molar-refractivity contribution in [2.45, 2.75) is 135 Å². The molecule has 0 bridgehead atoms. The molecule has 0 aliphatic rings. The van der Waals surface area contributed by atoms with Gasteiger partial charge < -0.3 is 19.8 Å². The zero-order chi connectivity index (χ0) is 30.8. The summed E-state index contributed by atoms with van der Waals surface area (Å²) in [5.41, 5.74) is 0. The number of hydrogen-bond acceptors (Lipinski definition) is 5. The van der Waals surface area contributed by atoms with E-state index < -0.39 is 20.0 Å². The highest BCUT2D eigenvalue weighted by atomic mass is 31.2. The predicted octanol–water partition coefficient (Wildman–Crippen LogP) is 7.46. The molecule has 0 aromatic rings. The van der Waals surface area contributed by atoms with Gasteiger partial charge in [0.15, 0.2) is 0 Å². The van der Waals surface area contributed by atoms with E-state index in [0.29, 0.717) is 23.9 Å². The third-order valence-electron chi connectivity index (χ3n) is 6.95. The Hall–Kier alpha value is -1.02. The molecule has 0 rings (SSSR count). The summed E-state index contributed by atoms with van der Waals surface area (Å²) in [7, 11) is 1.59. The fourth-order valence-corrected chi connectivity index (χ4v) is 4.98.